The average molecular weight is 259 g/mol. The van der Waals surface area contributed by atoms with Crippen LogP contribution < -0.4 is 4.90 Å². The van der Waals surface area contributed by atoms with Crippen molar-refractivity contribution in [3.63, 3.8) is 0 Å². The summed E-state index contributed by atoms with van der Waals surface area (Å²) in [5.74, 6) is 0. The first kappa shape index (κ1) is 12.6. The van der Waals surface area contributed by atoms with Gasteiger partial charge in [0.15, 0.2) is 0 Å². The summed E-state index contributed by atoms with van der Waals surface area (Å²) in [5.41, 5.74) is 0.940. The first-order valence-corrected chi connectivity index (χ1v) is 6.52. The molecule has 1 aromatic rings. The summed E-state index contributed by atoms with van der Waals surface area (Å²) >= 11 is 1.62. The van der Waals surface area contributed by atoms with E-state index >= 15 is 0 Å². The monoisotopic (exact) mass is 259 g/mol. The molecule has 0 amide bonds. The Balaban J connectivity index is 2.23. The summed E-state index contributed by atoms with van der Waals surface area (Å²) in [6, 6.07) is 7.88. The summed E-state index contributed by atoms with van der Waals surface area (Å²) < 4.78 is 5.32. The number of nitrogens with zero attached hydrogens (tertiary/aromatic N) is 3. The van der Waals surface area contributed by atoms with E-state index in [0.29, 0.717) is 0 Å². The molecule has 0 aliphatic carbocycles. The van der Waals surface area contributed by atoms with Crippen molar-refractivity contribution in [3.05, 3.63) is 22.6 Å². The molecular formula is C13H13N3OS. The van der Waals surface area contributed by atoms with E-state index in [1.54, 1.807) is 11.3 Å². The second kappa shape index (κ2) is 5.68. The highest BCUT2D eigenvalue weighted by atomic mass is 32.1. The van der Waals surface area contributed by atoms with Crippen LogP contribution in [0.3, 0.4) is 0 Å². The van der Waals surface area contributed by atoms with Crippen LogP contribution in [0.15, 0.2) is 17.7 Å². The fraction of sp³-hybridized carbons (Fsp3) is 0.385. The van der Waals surface area contributed by atoms with Crippen molar-refractivity contribution in [1.29, 1.82) is 10.5 Å². The molecule has 0 bridgehead atoms. The second-order valence-corrected chi connectivity index (χ2v) is 5.02. The summed E-state index contributed by atoms with van der Waals surface area (Å²) in [5, 5.41) is 18.9. The fourth-order valence-electron chi connectivity index (χ4n) is 1.80. The van der Waals surface area contributed by atoms with Gasteiger partial charge in [0.25, 0.3) is 0 Å². The highest BCUT2D eigenvalue weighted by Gasteiger charge is 2.14. The average Bonchev–Trinajstić information content (AvgIpc) is 2.90. The van der Waals surface area contributed by atoms with Crippen molar-refractivity contribution in [2.24, 2.45) is 0 Å². The van der Waals surface area contributed by atoms with Crippen LogP contribution >= 0.6 is 11.3 Å². The molecule has 0 atom stereocenters. The van der Waals surface area contributed by atoms with Gasteiger partial charge >= 0.3 is 0 Å². The Bertz CT molecular complexity index is 525. The van der Waals surface area contributed by atoms with Crippen molar-refractivity contribution >= 4 is 21.9 Å². The Morgan fingerprint density at radius 2 is 1.94 bits per heavy atom. The molecule has 1 aromatic heterocycles. The minimum atomic E-state index is 0.186. The van der Waals surface area contributed by atoms with Gasteiger partial charge in [0.2, 0.25) is 0 Å². The molecule has 0 aromatic carbocycles. The standard InChI is InChI=1S/C13H13N3OS/c1-10(11(8-14)9-15)12-2-3-13(18-12)16-4-6-17-7-5-16/h2-3H,4-7H2,1H3. The van der Waals surface area contributed by atoms with Crippen LogP contribution in [0.4, 0.5) is 5.00 Å². The van der Waals surface area contributed by atoms with Crippen LogP contribution in [0.5, 0.6) is 0 Å². The first-order chi connectivity index (χ1) is 8.76. The van der Waals surface area contributed by atoms with Crippen molar-refractivity contribution < 1.29 is 4.74 Å². The van der Waals surface area contributed by atoms with Gasteiger partial charge in [-0.1, -0.05) is 0 Å². The van der Waals surface area contributed by atoms with E-state index in [4.69, 9.17) is 15.3 Å². The zero-order valence-corrected chi connectivity index (χ0v) is 11.0. The summed E-state index contributed by atoms with van der Waals surface area (Å²) in [7, 11) is 0. The number of anilines is 1. The third-order valence-corrected chi connectivity index (χ3v) is 4.15. The normalized spacial score (nSPS) is 14.7. The van der Waals surface area contributed by atoms with Crippen LogP contribution in [0.1, 0.15) is 11.8 Å². The molecule has 4 nitrogen and oxygen atoms in total. The largest absolute Gasteiger partial charge is 0.378 e. The van der Waals surface area contributed by atoms with Crippen LogP contribution in [-0.4, -0.2) is 26.3 Å². The number of allylic oxidation sites excluding steroid dienone is 2. The van der Waals surface area contributed by atoms with Crippen LogP contribution in [0.25, 0.3) is 5.57 Å². The minimum absolute atomic E-state index is 0.186. The number of ether oxygens (including phenoxy) is 1. The lowest BCUT2D eigenvalue weighted by molar-refractivity contribution is 0.123. The number of hydrogen-bond acceptors (Lipinski definition) is 5. The van der Waals surface area contributed by atoms with Gasteiger partial charge in [0.1, 0.15) is 17.7 Å². The topological polar surface area (TPSA) is 60.0 Å². The fourth-order valence-corrected chi connectivity index (χ4v) is 2.86. The van der Waals surface area contributed by atoms with E-state index < -0.39 is 0 Å². The SMILES string of the molecule is CC(=C(C#N)C#N)c1ccc(N2CCOCC2)s1. The van der Waals surface area contributed by atoms with Crippen molar-refractivity contribution in [2.75, 3.05) is 31.2 Å². The molecule has 0 N–H and O–H groups in total. The Labute approximate surface area is 110 Å². The Hall–Kier alpha value is -1.82. The lowest BCUT2D eigenvalue weighted by Crippen LogP contribution is -2.35. The van der Waals surface area contributed by atoms with Gasteiger partial charge in [0, 0.05) is 18.0 Å². The van der Waals surface area contributed by atoms with Gasteiger partial charge in [-0.05, 0) is 24.6 Å². The molecule has 18 heavy (non-hydrogen) atoms. The van der Waals surface area contributed by atoms with E-state index in [1.165, 1.54) is 5.00 Å². The number of hydrogen-bond donors (Lipinski definition) is 0. The van der Waals surface area contributed by atoms with Gasteiger partial charge in [-0.3, -0.25) is 0 Å². The van der Waals surface area contributed by atoms with Crippen LogP contribution in [0, 0.1) is 22.7 Å². The number of nitriles is 2. The maximum atomic E-state index is 8.86. The third-order valence-electron chi connectivity index (χ3n) is 2.88. The molecule has 1 aliphatic heterocycles. The van der Waals surface area contributed by atoms with Crippen LogP contribution in [-0.2, 0) is 4.74 Å². The van der Waals surface area contributed by atoms with Crippen molar-refractivity contribution in [2.45, 2.75) is 6.92 Å². The smallest absolute Gasteiger partial charge is 0.133 e. The van der Waals surface area contributed by atoms with Gasteiger partial charge in [-0.25, -0.2) is 0 Å². The van der Waals surface area contributed by atoms with Gasteiger partial charge in [-0.2, -0.15) is 10.5 Å². The molecule has 1 aliphatic rings. The second-order valence-electron chi connectivity index (χ2n) is 3.96. The lowest BCUT2D eigenvalue weighted by atomic mass is 10.1. The predicted molar refractivity (Wildman–Crippen MR) is 71.2 cm³/mol. The number of morpholine rings is 1. The molecule has 92 valence electrons. The number of thiophene rings is 1. The lowest BCUT2D eigenvalue weighted by Gasteiger charge is -2.27. The highest BCUT2D eigenvalue weighted by Crippen LogP contribution is 2.32. The Kier molecular flexibility index (Phi) is 3.99. The van der Waals surface area contributed by atoms with Crippen molar-refractivity contribution in [1.82, 2.24) is 0 Å². The summed E-state index contributed by atoms with van der Waals surface area (Å²) in [4.78, 5) is 3.25. The minimum Gasteiger partial charge on any atom is -0.378 e. The van der Waals surface area contributed by atoms with E-state index in [2.05, 4.69) is 4.90 Å². The molecule has 0 spiro atoms. The number of rotatable bonds is 2. The van der Waals surface area contributed by atoms with Gasteiger partial charge < -0.3 is 9.64 Å². The molecule has 1 fully saturated rings. The first-order valence-electron chi connectivity index (χ1n) is 5.70. The molecule has 0 unspecified atom stereocenters. The highest BCUT2D eigenvalue weighted by molar-refractivity contribution is 7.17. The molecule has 2 heterocycles. The van der Waals surface area contributed by atoms with Gasteiger partial charge in [0.05, 0.1) is 18.2 Å². The Morgan fingerprint density at radius 1 is 1.28 bits per heavy atom. The van der Waals surface area contributed by atoms with Gasteiger partial charge in [-0.15, -0.1) is 11.3 Å². The van der Waals surface area contributed by atoms with E-state index in [0.717, 1.165) is 36.8 Å². The quantitative estimate of drug-likeness (QED) is 0.765. The molecular weight excluding hydrogens is 246 g/mol. The molecule has 2 rings (SSSR count). The molecule has 0 saturated carbocycles. The van der Waals surface area contributed by atoms with E-state index in [-0.39, 0.29) is 5.57 Å². The molecule has 0 radical (unpaired) electrons. The summed E-state index contributed by atoms with van der Waals surface area (Å²) in [6.45, 7) is 5.11. The van der Waals surface area contributed by atoms with E-state index in [1.807, 2.05) is 31.2 Å². The zero-order valence-electron chi connectivity index (χ0n) is 10.1. The summed E-state index contributed by atoms with van der Waals surface area (Å²) in [6.07, 6.45) is 0. The third kappa shape index (κ3) is 2.53. The molecule has 1 saturated heterocycles. The zero-order chi connectivity index (χ0) is 13.0. The maximum absolute atomic E-state index is 8.86. The maximum Gasteiger partial charge on any atom is 0.133 e. The Morgan fingerprint density at radius 3 is 2.56 bits per heavy atom. The van der Waals surface area contributed by atoms with Crippen molar-refractivity contribution in [3.8, 4) is 12.1 Å². The van der Waals surface area contributed by atoms with E-state index in [9.17, 15) is 0 Å². The molecule has 5 heteroatoms. The predicted octanol–water partition coefficient (Wildman–Crippen LogP) is 2.41. The van der Waals surface area contributed by atoms with Crippen LogP contribution in [0.2, 0.25) is 0 Å².